The first-order valence-corrected chi connectivity index (χ1v) is 15.2. The molecule has 0 bridgehead atoms. The Kier molecular flexibility index (Phi) is 8.01. The highest BCUT2D eigenvalue weighted by molar-refractivity contribution is 7.91. The number of aromatic hydroxyl groups is 1. The van der Waals surface area contributed by atoms with Crippen LogP contribution in [0, 0.1) is 0 Å². The lowest BCUT2D eigenvalue weighted by Crippen LogP contribution is -2.08. The molecule has 8 nitrogen and oxygen atoms in total. The van der Waals surface area contributed by atoms with Crippen molar-refractivity contribution >= 4 is 32.9 Å². The molecule has 0 aromatic heterocycles. The van der Waals surface area contributed by atoms with E-state index in [2.05, 4.69) is 0 Å². The fourth-order valence-electron chi connectivity index (χ4n) is 4.57. The number of hydrogen-bond donors (Lipinski definition) is 1. The SMILES string of the molecule is O=Cc1ccc(Oc2ccc(S(=O)(=O)c3ccc(Oc4ccc(C(=O)Oc5cccc6c(O)cccc56)cc4)cc3)cc2)cc1. The zero-order chi connectivity index (χ0) is 31.4. The monoisotopic (exact) mass is 616 g/mol. The summed E-state index contributed by atoms with van der Waals surface area (Å²) in [6.07, 6.45) is 0.739. The number of carbonyl (C=O) groups is 2. The second-order valence-electron chi connectivity index (χ2n) is 9.88. The van der Waals surface area contributed by atoms with Gasteiger partial charge in [0.1, 0.15) is 40.8 Å². The van der Waals surface area contributed by atoms with Gasteiger partial charge in [0.15, 0.2) is 0 Å². The third-order valence-electron chi connectivity index (χ3n) is 6.91. The van der Waals surface area contributed by atoms with Crippen LogP contribution in [-0.2, 0) is 9.84 Å². The van der Waals surface area contributed by atoms with Gasteiger partial charge in [0.25, 0.3) is 0 Å². The number of fused-ring (bicyclic) bond motifs is 1. The Labute approximate surface area is 258 Å². The molecule has 6 rings (SSSR count). The Bertz CT molecular complexity index is 2100. The molecule has 0 unspecified atom stereocenters. The van der Waals surface area contributed by atoms with E-state index in [1.165, 1.54) is 24.3 Å². The maximum Gasteiger partial charge on any atom is 0.343 e. The predicted octanol–water partition coefficient (Wildman–Crippen LogP) is 7.99. The van der Waals surface area contributed by atoms with Crippen LogP contribution in [0.3, 0.4) is 0 Å². The van der Waals surface area contributed by atoms with Gasteiger partial charge in [0, 0.05) is 16.3 Å². The largest absolute Gasteiger partial charge is 0.507 e. The van der Waals surface area contributed by atoms with Gasteiger partial charge in [-0.3, -0.25) is 4.79 Å². The maximum absolute atomic E-state index is 13.2. The molecule has 45 heavy (non-hydrogen) atoms. The van der Waals surface area contributed by atoms with Gasteiger partial charge in [-0.2, -0.15) is 0 Å². The summed E-state index contributed by atoms with van der Waals surface area (Å²) in [5.41, 5.74) is 0.824. The lowest BCUT2D eigenvalue weighted by atomic mass is 10.1. The average Bonchev–Trinajstić information content (AvgIpc) is 3.06. The molecule has 0 aliphatic rings. The number of carbonyl (C=O) groups excluding carboxylic acids is 2. The van der Waals surface area contributed by atoms with Gasteiger partial charge in [-0.05, 0) is 109 Å². The number of hydrogen-bond acceptors (Lipinski definition) is 8. The van der Waals surface area contributed by atoms with Gasteiger partial charge in [-0.25, -0.2) is 13.2 Å². The third-order valence-corrected chi connectivity index (χ3v) is 8.69. The minimum Gasteiger partial charge on any atom is -0.507 e. The first-order valence-electron chi connectivity index (χ1n) is 13.7. The zero-order valence-corrected chi connectivity index (χ0v) is 24.3. The van der Waals surface area contributed by atoms with Crippen LogP contribution >= 0.6 is 0 Å². The smallest absolute Gasteiger partial charge is 0.343 e. The molecule has 9 heteroatoms. The number of rotatable bonds is 9. The molecule has 6 aromatic carbocycles. The van der Waals surface area contributed by atoms with Gasteiger partial charge in [0.05, 0.1) is 15.4 Å². The number of phenols is 1. The van der Waals surface area contributed by atoms with Gasteiger partial charge < -0.3 is 19.3 Å². The summed E-state index contributed by atoms with van der Waals surface area (Å²) in [4.78, 5) is 23.8. The van der Waals surface area contributed by atoms with Crippen molar-refractivity contribution in [2.45, 2.75) is 9.79 Å². The molecule has 222 valence electrons. The molecule has 0 spiro atoms. The maximum atomic E-state index is 13.2. The van der Waals surface area contributed by atoms with E-state index >= 15 is 0 Å². The van der Waals surface area contributed by atoms with Crippen molar-refractivity contribution in [2.24, 2.45) is 0 Å². The molecule has 0 aliphatic carbocycles. The molecule has 0 aliphatic heterocycles. The molecule has 0 fully saturated rings. The Morgan fingerprint density at radius 1 is 0.578 bits per heavy atom. The summed E-state index contributed by atoms with van der Waals surface area (Å²) in [7, 11) is -3.80. The van der Waals surface area contributed by atoms with E-state index in [4.69, 9.17) is 14.2 Å². The van der Waals surface area contributed by atoms with Crippen LogP contribution in [0.1, 0.15) is 20.7 Å². The minimum absolute atomic E-state index is 0.0906. The molecule has 6 aromatic rings. The molecular formula is C36H24O8S. The van der Waals surface area contributed by atoms with E-state index in [1.807, 2.05) is 0 Å². The van der Waals surface area contributed by atoms with E-state index in [0.717, 1.165) is 6.29 Å². The molecule has 0 saturated heterocycles. The Balaban J connectivity index is 1.09. The van der Waals surface area contributed by atoms with Crippen molar-refractivity contribution < 1.29 is 37.3 Å². The van der Waals surface area contributed by atoms with Gasteiger partial charge in [0.2, 0.25) is 9.84 Å². The zero-order valence-electron chi connectivity index (χ0n) is 23.5. The van der Waals surface area contributed by atoms with Gasteiger partial charge in [-0.1, -0.05) is 24.3 Å². The molecule has 0 heterocycles. The number of aldehydes is 1. The van der Waals surface area contributed by atoms with Crippen LogP contribution in [0.4, 0.5) is 0 Å². The highest BCUT2D eigenvalue weighted by Gasteiger charge is 2.18. The second-order valence-corrected chi connectivity index (χ2v) is 11.8. The number of sulfone groups is 1. The molecule has 0 saturated carbocycles. The third kappa shape index (κ3) is 6.39. The molecule has 0 radical (unpaired) electrons. The first kappa shape index (κ1) is 29.2. The highest BCUT2D eigenvalue weighted by Crippen LogP contribution is 2.32. The van der Waals surface area contributed by atoms with Crippen molar-refractivity contribution in [1.29, 1.82) is 0 Å². The van der Waals surface area contributed by atoms with E-state index < -0.39 is 15.8 Å². The summed E-state index contributed by atoms with van der Waals surface area (Å²) in [5, 5.41) is 11.3. The quantitative estimate of drug-likeness (QED) is 0.0987. The molecule has 1 N–H and O–H groups in total. The standard InChI is InChI=1S/C36H24O8S/c37-23-24-7-11-26(12-8-24)42-28-15-19-30(20-16-28)45(40,41)31-21-17-29(18-22-31)43-27-13-9-25(10-14-27)36(39)44-35-6-2-3-32-33(35)4-1-5-34(32)38/h1-23,38H. The summed E-state index contributed by atoms with van der Waals surface area (Å²) >= 11 is 0. The van der Waals surface area contributed by atoms with Crippen LogP contribution in [0.25, 0.3) is 10.8 Å². The van der Waals surface area contributed by atoms with E-state index in [1.54, 1.807) is 109 Å². The van der Waals surface area contributed by atoms with Crippen molar-refractivity contribution in [1.82, 2.24) is 0 Å². The van der Waals surface area contributed by atoms with Crippen molar-refractivity contribution in [2.75, 3.05) is 0 Å². The van der Waals surface area contributed by atoms with Crippen molar-refractivity contribution in [3.8, 4) is 34.5 Å². The summed E-state index contributed by atoms with van der Waals surface area (Å²) in [5.74, 6) is 1.67. The molecule has 0 atom stereocenters. The Morgan fingerprint density at radius 2 is 1.04 bits per heavy atom. The fourth-order valence-corrected chi connectivity index (χ4v) is 5.83. The normalized spacial score (nSPS) is 11.1. The first-order chi connectivity index (χ1) is 21.8. The van der Waals surface area contributed by atoms with Gasteiger partial charge >= 0.3 is 5.97 Å². The van der Waals surface area contributed by atoms with Crippen molar-refractivity contribution in [3.05, 3.63) is 145 Å². The second kappa shape index (κ2) is 12.4. The lowest BCUT2D eigenvalue weighted by Gasteiger charge is -2.10. The van der Waals surface area contributed by atoms with Crippen LogP contribution in [-0.4, -0.2) is 25.8 Å². The molecular weight excluding hydrogens is 592 g/mol. The van der Waals surface area contributed by atoms with Gasteiger partial charge in [-0.15, -0.1) is 0 Å². The number of esters is 1. The average molecular weight is 617 g/mol. The number of ether oxygens (including phenoxy) is 3. The summed E-state index contributed by atoms with van der Waals surface area (Å²) in [6.45, 7) is 0. The predicted molar refractivity (Wildman–Crippen MR) is 167 cm³/mol. The van der Waals surface area contributed by atoms with Crippen molar-refractivity contribution in [3.63, 3.8) is 0 Å². The number of benzene rings is 6. The summed E-state index contributed by atoms with van der Waals surface area (Å²) in [6, 6.07) is 35.0. The lowest BCUT2D eigenvalue weighted by molar-refractivity contribution is 0.0737. The summed E-state index contributed by atoms with van der Waals surface area (Å²) < 4.78 is 43.6. The van der Waals surface area contributed by atoms with E-state index in [-0.39, 0.29) is 15.5 Å². The van der Waals surface area contributed by atoms with E-state index in [9.17, 15) is 23.1 Å². The fraction of sp³-hybridized carbons (Fsp3) is 0. The van der Waals surface area contributed by atoms with E-state index in [0.29, 0.717) is 50.6 Å². The van der Waals surface area contributed by atoms with Crippen LogP contribution in [0.2, 0.25) is 0 Å². The Morgan fingerprint density at radius 3 is 1.58 bits per heavy atom. The molecule has 0 amide bonds. The van der Waals surface area contributed by atoms with Crippen LogP contribution in [0.5, 0.6) is 34.5 Å². The number of phenolic OH excluding ortho intramolecular Hbond substituents is 1. The minimum atomic E-state index is -3.80. The topological polar surface area (TPSA) is 116 Å². The van der Waals surface area contributed by atoms with Crippen LogP contribution < -0.4 is 14.2 Å². The Hall–Kier alpha value is -5.93. The van der Waals surface area contributed by atoms with Crippen LogP contribution in [0.15, 0.2) is 143 Å². The highest BCUT2D eigenvalue weighted by atomic mass is 32.2.